The molecule has 30 heavy (non-hydrogen) atoms. The summed E-state index contributed by atoms with van der Waals surface area (Å²) in [5.74, 6) is -0.378. The SMILES string of the molecule is O=C(Nc1ccc(C(=O)N2CCCCc3cc(Cl)ccc32)cc1)c1cccc(O)c1. The lowest BCUT2D eigenvalue weighted by molar-refractivity contribution is 0.0985. The van der Waals surface area contributed by atoms with Crippen molar-refractivity contribution in [3.63, 3.8) is 0 Å². The van der Waals surface area contributed by atoms with E-state index in [1.165, 1.54) is 12.1 Å². The summed E-state index contributed by atoms with van der Waals surface area (Å²) in [6, 6.07) is 18.6. The molecule has 3 aromatic rings. The Hall–Kier alpha value is -3.31. The maximum atomic E-state index is 13.2. The molecule has 0 fully saturated rings. The van der Waals surface area contributed by atoms with Crippen LogP contribution in [0.5, 0.6) is 5.75 Å². The van der Waals surface area contributed by atoms with Gasteiger partial charge in [-0.15, -0.1) is 0 Å². The van der Waals surface area contributed by atoms with Gasteiger partial charge in [-0.05, 0) is 85.5 Å². The topological polar surface area (TPSA) is 69.6 Å². The highest BCUT2D eigenvalue weighted by molar-refractivity contribution is 6.30. The lowest BCUT2D eigenvalue weighted by Gasteiger charge is -2.23. The summed E-state index contributed by atoms with van der Waals surface area (Å²) >= 11 is 6.13. The molecule has 0 unspecified atom stereocenters. The number of aryl methyl sites for hydroxylation is 1. The zero-order chi connectivity index (χ0) is 21.1. The van der Waals surface area contributed by atoms with E-state index in [-0.39, 0.29) is 17.6 Å². The quantitative estimate of drug-likeness (QED) is 0.605. The van der Waals surface area contributed by atoms with E-state index in [4.69, 9.17) is 11.6 Å². The van der Waals surface area contributed by atoms with Crippen LogP contribution in [0.2, 0.25) is 5.02 Å². The Bertz CT molecular complexity index is 1100. The molecule has 0 radical (unpaired) electrons. The monoisotopic (exact) mass is 420 g/mol. The molecular formula is C24H21ClN2O3. The number of nitrogens with zero attached hydrogens (tertiary/aromatic N) is 1. The molecule has 1 aliphatic rings. The van der Waals surface area contributed by atoms with Crippen LogP contribution in [0.25, 0.3) is 0 Å². The van der Waals surface area contributed by atoms with Gasteiger partial charge < -0.3 is 15.3 Å². The van der Waals surface area contributed by atoms with Crippen LogP contribution in [0, 0.1) is 0 Å². The molecule has 5 nitrogen and oxygen atoms in total. The van der Waals surface area contributed by atoms with Crippen LogP contribution >= 0.6 is 11.6 Å². The molecule has 3 aromatic carbocycles. The number of aromatic hydroxyl groups is 1. The number of rotatable bonds is 3. The highest BCUT2D eigenvalue weighted by Crippen LogP contribution is 2.30. The van der Waals surface area contributed by atoms with Gasteiger partial charge in [-0.3, -0.25) is 9.59 Å². The minimum Gasteiger partial charge on any atom is -0.508 e. The number of carbonyl (C=O) groups excluding carboxylic acids is 2. The Morgan fingerprint density at radius 3 is 2.50 bits per heavy atom. The Morgan fingerprint density at radius 2 is 1.73 bits per heavy atom. The van der Waals surface area contributed by atoms with E-state index < -0.39 is 0 Å². The number of fused-ring (bicyclic) bond motifs is 1. The number of carbonyl (C=O) groups is 2. The van der Waals surface area contributed by atoms with Crippen LogP contribution in [0.4, 0.5) is 11.4 Å². The molecule has 0 spiro atoms. The van der Waals surface area contributed by atoms with E-state index >= 15 is 0 Å². The van der Waals surface area contributed by atoms with E-state index in [1.807, 2.05) is 18.2 Å². The lowest BCUT2D eigenvalue weighted by atomic mass is 10.1. The summed E-state index contributed by atoms with van der Waals surface area (Å²) in [7, 11) is 0. The van der Waals surface area contributed by atoms with Crippen molar-refractivity contribution in [2.24, 2.45) is 0 Å². The number of phenols is 1. The minimum absolute atomic E-state index is 0.0302. The summed E-state index contributed by atoms with van der Waals surface area (Å²) in [5, 5.41) is 13.0. The van der Waals surface area contributed by atoms with Crippen LogP contribution in [-0.2, 0) is 6.42 Å². The molecule has 6 heteroatoms. The molecule has 0 aromatic heterocycles. The molecule has 152 valence electrons. The van der Waals surface area contributed by atoms with E-state index in [0.717, 1.165) is 30.5 Å². The first-order valence-electron chi connectivity index (χ1n) is 9.82. The van der Waals surface area contributed by atoms with E-state index in [0.29, 0.717) is 28.4 Å². The third kappa shape index (κ3) is 4.31. The zero-order valence-electron chi connectivity index (χ0n) is 16.3. The number of benzene rings is 3. The molecule has 0 saturated carbocycles. The molecule has 0 saturated heterocycles. The number of hydrogen-bond acceptors (Lipinski definition) is 3. The number of nitrogens with one attached hydrogen (secondary N) is 1. The Morgan fingerprint density at radius 1 is 0.933 bits per heavy atom. The second-order valence-corrected chi connectivity index (χ2v) is 7.71. The number of amides is 2. The van der Waals surface area contributed by atoms with E-state index in [1.54, 1.807) is 41.3 Å². The summed E-state index contributed by atoms with van der Waals surface area (Å²) in [4.78, 5) is 27.3. The summed E-state index contributed by atoms with van der Waals surface area (Å²) in [6.45, 7) is 0.656. The highest BCUT2D eigenvalue weighted by atomic mass is 35.5. The fraction of sp³-hybridized carbons (Fsp3) is 0.167. The Balaban J connectivity index is 1.51. The average molecular weight is 421 g/mol. The number of halogens is 1. The maximum Gasteiger partial charge on any atom is 0.258 e. The molecule has 2 amide bonds. The highest BCUT2D eigenvalue weighted by Gasteiger charge is 2.22. The van der Waals surface area contributed by atoms with Crippen molar-refractivity contribution in [2.45, 2.75) is 19.3 Å². The minimum atomic E-state index is -0.330. The van der Waals surface area contributed by atoms with Crippen molar-refractivity contribution in [3.8, 4) is 5.75 Å². The van der Waals surface area contributed by atoms with Gasteiger partial charge in [-0.2, -0.15) is 0 Å². The van der Waals surface area contributed by atoms with Gasteiger partial charge in [0.2, 0.25) is 0 Å². The van der Waals surface area contributed by atoms with Crippen molar-refractivity contribution in [1.82, 2.24) is 0 Å². The second kappa shape index (κ2) is 8.59. The van der Waals surface area contributed by atoms with Crippen LogP contribution < -0.4 is 10.2 Å². The summed E-state index contributed by atoms with van der Waals surface area (Å²) in [6.07, 6.45) is 2.84. The fourth-order valence-corrected chi connectivity index (χ4v) is 3.83. The standard InChI is InChI=1S/C24H21ClN2O3/c25-19-9-12-22-17(14-19)4-1-2-13-27(22)24(30)16-7-10-20(11-8-16)26-23(29)18-5-3-6-21(28)15-18/h3,5-12,14-15,28H,1-2,4,13H2,(H,26,29). The molecular weight excluding hydrogens is 400 g/mol. The van der Waals surface area contributed by atoms with E-state index in [9.17, 15) is 14.7 Å². The van der Waals surface area contributed by atoms with Crippen molar-refractivity contribution >= 4 is 34.8 Å². The van der Waals surface area contributed by atoms with Gasteiger partial charge in [0.1, 0.15) is 5.75 Å². The Labute approximate surface area is 179 Å². The molecule has 0 atom stereocenters. The predicted molar refractivity (Wildman–Crippen MR) is 119 cm³/mol. The maximum absolute atomic E-state index is 13.2. The van der Waals surface area contributed by atoms with Crippen LogP contribution in [0.1, 0.15) is 39.1 Å². The number of hydrogen-bond donors (Lipinski definition) is 2. The van der Waals surface area contributed by atoms with Gasteiger partial charge in [0.05, 0.1) is 0 Å². The number of anilines is 2. The smallest absolute Gasteiger partial charge is 0.258 e. The molecule has 2 N–H and O–H groups in total. The first-order valence-corrected chi connectivity index (χ1v) is 10.2. The van der Waals surface area contributed by atoms with Crippen LogP contribution in [0.3, 0.4) is 0 Å². The predicted octanol–water partition coefficient (Wildman–Crippen LogP) is 5.28. The fourth-order valence-electron chi connectivity index (χ4n) is 3.64. The molecule has 4 rings (SSSR count). The zero-order valence-corrected chi connectivity index (χ0v) is 17.0. The molecule has 1 heterocycles. The van der Waals surface area contributed by atoms with Crippen molar-refractivity contribution in [2.75, 3.05) is 16.8 Å². The molecule has 1 aliphatic heterocycles. The third-order valence-corrected chi connectivity index (χ3v) is 5.39. The Kier molecular flexibility index (Phi) is 5.72. The normalized spacial score (nSPS) is 13.3. The van der Waals surface area contributed by atoms with Crippen LogP contribution in [0.15, 0.2) is 66.7 Å². The van der Waals surface area contributed by atoms with E-state index in [2.05, 4.69) is 5.32 Å². The number of phenolic OH excluding ortho intramolecular Hbond substituents is 1. The van der Waals surface area contributed by atoms with Gasteiger partial charge in [0.15, 0.2) is 0 Å². The van der Waals surface area contributed by atoms with Gasteiger partial charge in [-0.25, -0.2) is 0 Å². The second-order valence-electron chi connectivity index (χ2n) is 7.27. The first-order chi connectivity index (χ1) is 14.5. The summed E-state index contributed by atoms with van der Waals surface area (Å²) < 4.78 is 0. The van der Waals surface area contributed by atoms with Crippen molar-refractivity contribution in [1.29, 1.82) is 0 Å². The lowest BCUT2D eigenvalue weighted by Crippen LogP contribution is -2.31. The molecule has 0 bridgehead atoms. The third-order valence-electron chi connectivity index (χ3n) is 5.15. The van der Waals surface area contributed by atoms with Gasteiger partial charge in [-0.1, -0.05) is 17.7 Å². The average Bonchev–Trinajstić information content (AvgIpc) is 2.95. The van der Waals surface area contributed by atoms with Crippen LogP contribution in [-0.4, -0.2) is 23.5 Å². The van der Waals surface area contributed by atoms with Gasteiger partial charge in [0, 0.05) is 34.1 Å². The van der Waals surface area contributed by atoms with Crippen molar-refractivity contribution < 1.29 is 14.7 Å². The first kappa shape index (κ1) is 20.0. The van der Waals surface area contributed by atoms with Gasteiger partial charge in [0.25, 0.3) is 11.8 Å². The summed E-state index contributed by atoms with van der Waals surface area (Å²) in [5.41, 5.74) is 3.47. The van der Waals surface area contributed by atoms with Crippen molar-refractivity contribution in [3.05, 3.63) is 88.4 Å². The molecule has 0 aliphatic carbocycles. The largest absolute Gasteiger partial charge is 0.508 e. The van der Waals surface area contributed by atoms with Gasteiger partial charge >= 0.3 is 0 Å².